The second kappa shape index (κ2) is 6.45. The number of hydrogen-bond acceptors (Lipinski definition) is 2. The summed E-state index contributed by atoms with van der Waals surface area (Å²) in [6.45, 7) is 0.306. The Morgan fingerprint density at radius 3 is 2.65 bits per heavy atom. The molecule has 2 heteroatoms. The van der Waals surface area contributed by atoms with Crippen molar-refractivity contribution in [2.45, 2.75) is 32.1 Å². The Hall–Kier alpha value is -1.28. The number of allylic oxidation sites excluding steroid dienone is 1. The molecule has 0 aliphatic heterocycles. The van der Waals surface area contributed by atoms with E-state index >= 15 is 0 Å². The number of ether oxygens (including phenoxy) is 2. The maximum Gasteiger partial charge on any atom is 0.188 e. The zero-order valence-corrected chi connectivity index (χ0v) is 10.4. The van der Waals surface area contributed by atoms with E-state index in [0.717, 1.165) is 5.75 Å². The van der Waals surface area contributed by atoms with Crippen LogP contribution in [0, 0.1) is 0 Å². The Balaban J connectivity index is 2.13. The lowest BCUT2D eigenvalue weighted by atomic mass is 9.93. The van der Waals surface area contributed by atoms with Gasteiger partial charge < -0.3 is 9.47 Å². The monoisotopic (exact) mass is 232 g/mol. The molecule has 1 fully saturated rings. The fraction of sp³-hybridized carbons (Fsp3) is 0.467. The van der Waals surface area contributed by atoms with Crippen LogP contribution in [0.5, 0.6) is 5.75 Å². The summed E-state index contributed by atoms with van der Waals surface area (Å²) in [6.07, 6.45) is 8.78. The molecule has 0 unspecified atom stereocenters. The maximum atomic E-state index is 5.56. The fourth-order valence-electron chi connectivity index (χ4n) is 2.22. The van der Waals surface area contributed by atoms with E-state index in [2.05, 4.69) is 18.2 Å². The first kappa shape index (κ1) is 12.2. The van der Waals surface area contributed by atoms with Crippen molar-refractivity contribution in [3.05, 3.63) is 35.4 Å². The highest BCUT2D eigenvalue weighted by Gasteiger charge is 2.07. The molecule has 1 aromatic rings. The molecule has 0 bridgehead atoms. The van der Waals surface area contributed by atoms with Crippen LogP contribution < -0.4 is 4.74 Å². The van der Waals surface area contributed by atoms with Crippen molar-refractivity contribution in [2.24, 2.45) is 0 Å². The van der Waals surface area contributed by atoms with Gasteiger partial charge in [-0.3, -0.25) is 0 Å². The molecule has 17 heavy (non-hydrogen) atoms. The van der Waals surface area contributed by atoms with Gasteiger partial charge >= 0.3 is 0 Å². The Kier molecular flexibility index (Phi) is 4.63. The summed E-state index contributed by atoms with van der Waals surface area (Å²) in [4.78, 5) is 0. The number of para-hydroxylation sites is 1. The largest absolute Gasteiger partial charge is 0.467 e. The van der Waals surface area contributed by atoms with Gasteiger partial charge in [0, 0.05) is 12.7 Å². The maximum absolute atomic E-state index is 5.56. The van der Waals surface area contributed by atoms with Crippen molar-refractivity contribution >= 4 is 6.08 Å². The van der Waals surface area contributed by atoms with E-state index in [1.54, 1.807) is 12.7 Å². The molecule has 1 aliphatic rings. The van der Waals surface area contributed by atoms with Crippen molar-refractivity contribution in [3.8, 4) is 5.75 Å². The van der Waals surface area contributed by atoms with Gasteiger partial charge in [-0.25, -0.2) is 0 Å². The molecule has 0 radical (unpaired) electrons. The molecular formula is C15H20O2. The van der Waals surface area contributed by atoms with Crippen LogP contribution in [-0.2, 0) is 4.74 Å². The third-order valence-electron chi connectivity index (χ3n) is 3.11. The lowest BCUT2D eigenvalue weighted by molar-refractivity contribution is 0.0509. The van der Waals surface area contributed by atoms with Crippen LogP contribution in [0.25, 0.3) is 6.08 Å². The van der Waals surface area contributed by atoms with Gasteiger partial charge in [-0.2, -0.15) is 0 Å². The van der Waals surface area contributed by atoms with Crippen LogP contribution in [0.1, 0.15) is 37.7 Å². The quantitative estimate of drug-likeness (QED) is 0.730. The van der Waals surface area contributed by atoms with Crippen LogP contribution in [0.2, 0.25) is 0 Å². The van der Waals surface area contributed by atoms with Gasteiger partial charge in [0.05, 0.1) is 0 Å². The first-order chi connectivity index (χ1) is 8.40. The van der Waals surface area contributed by atoms with Gasteiger partial charge in [0.2, 0.25) is 0 Å². The van der Waals surface area contributed by atoms with E-state index in [1.807, 2.05) is 12.1 Å². The summed E-state index contributed by atoms with van der Waals surface area (Å²) >= 11 is 0. The zero-order valence-electron chi connectivity index (χ0n) is 10.4. The molecular weight excluding hydrogens is 212 g/mol. The van der Waals surface area contributed by atoms with E-state index < -0.39 is 0 Å². The summed E-state index contributed by atoms with van der Waals surface area (Å²) in [5, 5.41) is 0. The van der Waals surface area contributed by atoms with Gasteiger partial charge in [-0.15, -0.1) is 0 Å². The number of hydrogen-bond donors (Lipinski definition) is 0. The topological polar surface area (TPSA) is 18.5 Å². The molecule has 1 aliphatic carbocycles. The van der Waals surface area contributed by atoms with Crippen LogP contribution in [0.4, 0.5) is 0 Å². The number of methoxy groups -OCH3 is 1. The normalized spacial score (nSPS) is 15.7. The van der Waals surface area contributed by atoms with E-state index in [9.17, 15) is 0 Å². The average molecular weight is 232 g/mol. The van der Waals surface area contributed by atoms with E-state index in [1.165, 1.54) is 37.7 Å². The summed E-state index contributed by atoms with van der Waals surface area (Å²) < 4.78 is 10.5. The summed E-state index contributed by atoms with van der Waals surface area (Å²) in [5.74, 6) is 0.910. The smallest absolute Gasteiger partial charge is 0.188 e. The lowest BCUT2D eigenvalue weighted by Gasteiger charge is -2.14. The first-order valence-electron chi connectivity index (χ1n) is 6.30. The van der Waals surface area contributed by atoms with Crippen molar-refractivity contribution in [1.29, 1.82) is 0 Å². The molecule has 0 atom stereocenters. The van der Waals surface area contributed by atoms with Crippen molar-refractivity contribution in [1.82, 2.24) is 0 Å². The molecule has 1 saturated carbocycles. The molecule has 2 nitrogen and oxygen atoms in total. The number of benzene rings is 1. The van der Waals surface area contributed by atoms with Crippen LogP contribution >= 0.6 is 0 Å². The second-order valence-corrected chi connectivity index (χ2v) is 4.45. The molecule has 0 N–H and O–H groups in total. The first-order valence-corrected chi connectivity index (χ1v) is 6.30. The van der Waals surface area contributed by atoms with Crippen LogP contribution in [0.15, 0.2) is 29.8 Å². The van der Waals surface area contributed by atoms with E-state index in [4.69, 9.17) is 9.47 Å². The molecule has 2 rings (SSSR count). The molecule has 0 aromatic heterocycles. The van der Waals surface area contributed by atoms with E-state index in [-0.39, 0.29) is 0 Å². The lowest BCUT2D eigenvalue weighted by Crippen LogP contribution is -2.00. The van der Waals surface area contributed by atoms with Gasteiger partial charge in [-0.1, -0.05) is 36.3 Å². The molecule has 0 amide bonds. The minimum atomic E-state index is 0.306. The summed E-state index contributed by atoms with van der Waals surface area (Å²) in [6, 6.07) is 8.14. The molecule has 0 heterocycles. The van der Waals surface area contributed by atoms with E-state index in [0.29, 0.717) is 6.79 Å². The third kappa shape index (κ3) is 3.60. The fourth-order valence-corrected chi connectivity index (χ4v) is 2.22. The highest BCUT2D eigenvalue weighted by atomic mass is 16.7. The van der Waals surface area contributed by atoms with Crippen LogP contribution in [0.3, 0.4) is 0 Å². The van der Waals surface area contributed by atoms with Crippen molar-refractivity contribution < 1.29 is 9.47 Å². The molecule has 92 valence electrons. The molecule has 1 aromatic carbocycles. The van der Waals surface area contributed by atoms with Gasteiger partial charge in [-0.05, 0) is 31.7 Å². The highest BCUT2D eigenvalue weighted by Crippen LogP contribution is 2.28. The van der Waals surface area contributed by atoms with Crippen LogP contribution in [-0.4, -0.2) is 13.9 Å². The summed E-state index contributed by atoms with van der Waals surface area (Å²) in [5.41, 5.74) is 2.71. The van der Waals surface area contributed by atoms with Gasteiger partial charge in [0.1, 0.15) is 5.75 Å². The van der Waals surface area contributed by atoms with Crippen molar-refractivity contribution in [3.63, 3.8) is 0 Å². The van der Waals surface area contributed by atoms with Gasteiger partial charge in [0.15, 0.2) is 6.79 Å². The SMILES string of the molecule is COCOc1ccccc1C=C1CCCCC1. The molecule has 0 saturated heterocycles. The third-order valence-corrected chi connectivity index (χ3v) is 3.11. The minimum absolute atomic E-state index is 0.306. The zero-order chi connectivity index (χ0) is 11.9. The van der Waals surface area contributed by atoms with Gasteiger partial charge in [0.25, 0.3) is 0 Å². The standard InChI is InChI=1S/C15H20O2/c1-16-12-17-15-10-6-5-9-14(15)11-13-7-3-2-4-8-13/h5-6,9-11H,2-4,7-8,12H2,1H3. The minimum Gasteiger partial charge on any atom is -0.467 e. The second-order valence-electron chi connectivity index (χ2n) is 4.45. The predicted octanol–water partition coefficient (Wildman–Crippen LogP) is 4.02. The highest BCUT2D eigenvalue weighted by molar-refractivity contribution is 5.59. The number of rotatable bonds is 4. The van der Waals surface area contributed by atoms with Crippen molar-refractivity contribution in [2.75, 3.05) is 13.9 Å². The average Bonchev–Trinajstić information content (AvgIpc) is 2.39. The summed E-state index contributed by atoms with van der Waals surface area (Å²) in [7, 11) is 1.64. The molecule has 0 spiro atoms. The Morgan fingerprint density at radius 1 is 1.12 bits per heavy atom. The Morgan fingerprint density at radius 2 is 1.88 bits per heavy atom. The Labute approximate surface area is 103 Å². The predicted molar refractivity (Wildman–Crippen MR) is 70.0 cm³/mol. The Bertz CT molecular complexity index is 374.